The van der Waals surface area contributed by atoms with Gasteiger partial charge < -0.3 is 9.64 Å². The zero-order valence-electron chi connectivity index (χ0n) is 10.1. The van der Waals surface area contributed by atoms with E-state index in [0.717, 1.165) is 0 Å². The molecular weight excluding hydrogens is 228 g/mol. The van der Waals surface area contributed by atoms with Gasteiger partial charge in [-0.05, 0) is 20.8 Å². The van der Waals surface area contributed by atoms with E-state index in [0.29, 0.717) is 29.6 Å². The summed E-state index contributed by atoms with van der Waals surface area (Å²) in [6.07, 6.45) is -2.45. The molecule has 0 spiro atoms. The van der Waals surface area contributed by atoms with Crippen molar-refractivity contribution in [2.24, 2.45) is 0 Å². The molecule has 6 heteroatoms. The van der Waals surface area contributed by atoms with Gasteiger partial charge in [-0.3, -0.25) is 0 Å². The Morgan fingerprint density at radius 3 is 2.71 bits per heavy atom. The van der Waals surface area contributed by atoms with E-state index >= 15 is 0 Å². The van der Waals surface area contributed by atoms with Crippen LogP contribution in [-0.2, 0) is 0 Å². The zero-order valence-corrected chi connectivity index (χ0v) is 10.1. The summed E-state index contributed by atoms with van der Waals surface area (Å²) in [5.41, 5.74) is 0.693. The van der Waals surface area contributed by atoms with Crippen LogP contribution in [0.5, 0.6) is 5.75 Å². The summed E-state index contributed by atoms with van der Waals surface area (Å²) in [5, 5.41) is 0. The third-order valence-electron chi connectivity index (χ3n) is 2.83. The van der Waals surface area contributed by atoms with E-state index < -0.39 is 12.5 Å². The first-order chi connectivity index (χ1) is 8.04. The largest absolute Gasteiger partial charge is 0.485 e. The Labute approximate surface area is 98.6 Å². The highest BCUT2D eigenvalue weighted by atomic mass is 19.3. The number of aromatic nitrogens is 2. The smallest absolute Gasteiger partial charge is 0.261 e. The maximum atomic E-state index is 12.9. The van der Waals surface area contributed by atoms with Gasteiger partial charge in [0.15, 0.2) is 11.6 Å². The number of likely N-dealkylation sites (N-methyl/N-ethyl adjacent to an activating group) is 1. The topological polar surface area (TPSA) is 38.2 Å². The molecule has 0 fully saturated rings. The lowest BCUT2D eigenvalue weighted by Gasteiger charge is -2.36. The maximum absolute atomic E-state index is 12.9. The number of anilines is 1. The van der Waals surface area contributed by atoms with Crippen LogP contribution in [0.3, 0.4) is 0 Å². The number of rotatable bonds is 2. The minimum Gasteiger partial charge on any atom is -0.485 e. The average molecular weight is 243 g/mol. The normalized spacial score (nSPS) is 19.2. The molecule has 0 radical (unpaired) electrons. The molecule has 0 aromatic carbocycles. The summed E-state index contributed by atoms with van der Waals surface area (Å²) in [5.74, 6) is 1.57. The second-order valence-electron chi connectivity index (χ2n) is 4.01. The van der Waals surface area contributed by atoms with E-state index in [4.69, 9.17) is 4.74 Å². The molecule has 17 heavy (non-hydrogen) atoms. The van der Waals surface area contributed by atoms with Crippen LogP contribution < -0.4 is 9.64 Å². The zero-order chi connectivity index (χ0) is 12.6. The molecule has 1 aromatic heterocycles. The number of halogens is 2. The maximum Gasteiger partial charge on any atom is 0.261 e. The highest BCUT2D eigenvalue weighted by Crippen LogP contribution is 2.35. The quantitative estimate of drug-likeness (QED) is 0.795. The van der Waals surface area contributed by atoms with Gasteiger partial charge in [-0.15, -0.1) is 0 Å². The van der Waals surface area contributed by atoms with Crippen LogP contribution in [0, 0.1) is 13.8 Å². The predicted octanol–water partition coefficient (Wildman–Crippen LogP) is 1.95. The molecule has 1 atom stereocenters. The lowest BCUT2D eigenvalue weighted by Crippen LogP contribution is -2.48. The molecule has 0 amide bonds. The molecule has 4 nitrogen and oxygen atoms in total. The first-order valence-electron chi connectivity index (χ1n) is 5.57. The predicted molar refractivity (Wildman–Crippen MR) is 59.8 cm³/mol. The number of alkyl halides is 2. The standard InChI is InChI=1S/C11H15F2N3O/c1-4-16-8(10(12)13)5-17-9-6(2)14-7(3)15-11(9)16/h8,10H,4-5H2,1-3H3. The third-order valence-corrected chi connectivity index (χ3v) is 2.83. The Bertz CT molecular complexity index is 425. The Kier molecular flexibility index (Phi) is 3.13. The number of ether oxygens (including phenoxy) is 1. The number of hydrogen-bond acceptors (Lipinski definition) is 4. The van der Waals surface area contributed by atoms with Crippen LogP contribution in [-0.4, -0.2) is 35.6 Å². The van der Waals surface area contributed by atoms with Crippen molar-refractivity contribution in [2.45, 2.75) is 33.2 Å². The van der Waals surface area contributed by atoms with Crippen LogP contribution in [0.25, 0.3) is 0 Å². The first kappa shape index (κ1) is 12.0. The molecule has 1 aliphatic rings. The fraction of sp³-hybridized carbons (Fsp3) is 0.636. The Morgan fingerprint density at radius 1 is 1.41 bits per heavy atom. The minimum absolute atomic E-state index is 0.0221. The molecule has 1 aromatic rings. The van der Waals surface area contributed by atoms with Gasteiger partial charge in [-0.25, -0.2) is 18.7 Å². The molecule has 2 rings (SSSR count). The number of nitrogens with zero attached hydrogens (tertiary/aromatic N) is 3. The second-order valence-corrected chi connectivity index (χ2v) is 4.01. The van der Waals surface area contributed by atoms with Crippen LogP contribution in [0.1, 0.15) is 18.4 Å². The Hall–Kier alpha value is -1.46. The van der Waals surface area contributed by atoms with Gasteiger partial charge in [0.1, 0.15) is 18.5 Å². The van der Waals surface area contributed by atoms with Crippen molar-refractivity contribution in [3.63, 3.8) is 0 Å². The van der Waals surface area contributed by atoms with Gasteiger partial charge >= 0.3 is 0 Å². The van der Waals surface area contributed by atoms with Gasteiger partial charge in [-0.2, -0.15) is 0 Å². The lowest BCUT2D eigenvalue weighted by molar-refractivity contribution is 0.0777. The Morgan fingerprint density at radius 2 is 2.12 bits per heavy atom. The van der Waals surface area contributed by atoms with Crippen molar-refractivity contribution in [3.05, 3.63) is 11.5 Å². The summed E-state index contributed by atoms with van der Waals surface area (Å²) in [4.78, 5) is 9.98. The summed E-state index contributed by atoms with van der Waals surface area (Å²) in [7, 11) is 0. The highest BCUT2D eigenvalue weighted by molar-refractivity contribution is 5.57. The van der Waals surface area contributed by atoms with Crippen molar-refractivity contribution in [3.8, 4) is 5.75 Å². The molecule has 0 saturated heterocycles. The van der Waals surface area contributed by atoms with Gasteiger partial charge in [0, 0.05) is 6.54 Å². The second kappa shape index (κ2) is 4.43. The SMILES string of the molecule is CCN1c2nc(C)nc(C)c2OCC1C(F)F. The highest BCUT2D eigenvalue weighted by Gasteiger charge is 2.35. The molecule has 2 heterocycles. The van der Waals surface area contributed by atoms with Crippen LogP contribution in [0.2, 0.25) is 0 Å². The van der Waals surface area contributed by atoms with E-state index in [-0.39, 0.29) is 6.61 Å². The molecule has 94 valence electrons. The molecule has 0 bridgehead atoms. The van der Waals surface area contributed by atoms with Gasteiger partial charge in [0.2, 0.25) is 0 Å². The summed E-state index contributed by atoms with van der Waals surface area (Å²) in [6, 6.07) is -0.929. The van der Waals surface area contributed by atoms with E-state index in [1.54, 1.807) is 18.7 Å². The first-order valence-corrected chi connectivity index (χ1v) is 5.57. The van der Waals surface area contributed by atoms with E-state index in [9.17, 15) is 8.78 Å². The van der Waals surface area contributed by atoms with Crippen molar-refractivity contribution >= 4 is 5.82 Å². The number of aryl methyl sites for hydroxylation is 2. The van der Waals surface area contributed by atoms with Crippen molar-refractivity contribution in [1.29, 1.82) is 0 Å². The Balaban J connectivity index is 2.47. The number of hydrogen-bond donors (Lipinski definition) is 0. The van der Waals surface area contributed by atoms with Crippen LogP contribution in [0.15, 0.2) is 0 Å². The molecule has 0 N–H and O–H groups in total. The molecule has 1 aliphatic heterocycles. The third kappa shape index (κ3) is 2.03. The van der Waals surface area contributed by atoms with E-state index in [1.807, 2.05) is 6.92 Å². The summed E-state index contributed by atoms with van der Waals surface area (Å²) >= 11 is 0. The van der Waals surface area contributed by atoms with Crippen molar-refractivity contribution in [1.82, 2.24) is 9.97 Å². The van der Waals surface area contributed by atoms with Gasteiger partial charge in [-0.1, -0.05) is 0 Å². The fourth-order valence-corrected chi connectivity index (χ4v) is 2.06. The van der Waals surface area contributed by atoms with Gasteiger partial charge in [0.25, 0.3) is 6.43 Å². The monoisotopic (exact) mass is 243 g/mol. The van der Waals surface area contributed by atoms with E-state index in [2.05, 4.69) is 9.97 Å². The average Bonchev–Trinajstić information content (AvgIpc) is 2.26. The number of fused-ring (bicyclic) bond motifs is 1. The summed E-state index contributed by atoms with van der Waals surface area (Å²) in [6.45, 7) is 5.82. The van der Waals surface area contributed by atoms with Crippen molar-refractivity contribution in [2.75, 3.05) is 18.1 Å². The van der Waals surface area contributed by atoms with Crippen LogP contribution in [0.4, 0.5) is 14.6 Å². The summed E-state index contributed by atoms with van der Waals surface area (Å²) < 4.78 is 31.1. The van der Waals surface area contributed by atoms with E-state index in [1.165, 1.54) is 0 Å². The minimum atomic E-state index is -2.45. The van der Waals surface area contributed by atoms with Crippen molar-refractivity contribution < 1.29 is 13.5 Å². The lowest BCUT2D eigenvalue weighted by atomic mass is 10.2. The molecular formula is C11H15F2N3O. The molecule has 0 saturated carbocycles. The fourth-order valence-electron chi connectivity index (χ4n) is 2.06. The molecule has 0 aliphatic carbocycles. The van der Waals surface area contributed by atoms with Crippen LogP contribution >= 0.6 is 0 Å². The van der Waals surface area contributed by atoms with Gasteiger partial charge in [0.05, 0.1) is 5.69 Å². The molecule has 1 unspecified atom stereocenters.